The summed E-state index contributed by atoms with van der Waals surface area (Å²) in [6.45, 7) is 2.54. The van der Waals surface area contributed by atoms with E-state index in [0.717, 1.165) is 12.1 Å². The molecule has 0 atom stereocenters. The summed E-state index contributed by atoms with van der Waals surface area (Å²) in [5.74, 6) is 0.276. The average Bonchev–Trinajstić information content (AvgIpc) is 3.21. The molecule has 144 valence electrons. The molecule has 1 aromatic heterocycles. The lowest BCUT2D eigenvalue weighted by atomic mass is 9.95. The van der Waals surface area contributed by atoms with Gasteiger partial charge in [0.1, 0.15) is 0 Å². The molecule has 0 radical (unpaired) electrons. The average molecular weight is 369 g/mol. The highest BCUT2D eigenvalue weighted by atomic mass is 16.3. The third-order valence-corrected chi connectivity index (χ3v) is 4.94. The maximum absolute atomic E-state index is 12.6. The smallest absolute Gasteiger partial charge is 0.289 e. The molecule has 3 rings (SSSR count). The summed E-state index contributed by atoms with van der Waals surface area (Å²) in [4.78, 5) is 28.7. The minimum absolute atomic E-state index is 0.0494. The largest absolute Gasteiger partial charge is 0.459 e. The summed E-state index contributed by atoms with van der Waals surface area (Å²) in [6.07, 6.45) is 2.86. The number of furan rings is 1. The van der Waals surface area contributed by atoms with Crippen molar-refractivity contribution in [3.05, 3.63) is 59.5 Å². The maximum atomic E-state index is 12.6. The van der Waals surface area contributed by atoms with Gasteiger partial charge >= 0.3 is 0 Å². The van der Waals surface area contributed by atoms with E-state index in [1.165, 1.54) is 11.8 Å². The molecule has 1 fully saturated rings. The van der Waals surface area contributed by atoms with Crippen LogP contribution in [0.3, 0.4) is 0 Å². The summed E-state index contributed by atoms with van der Waals surface area (Å²) in [7, 11) is 4.07. The van der Waals surface area contributed by atoms with E-state index < -0.39 is 0 Å². The molecule has 0 saturated carbocycles. The molecule has 1 aromatic carbocycles. The van der Waals surface area contributed by atoms with Gasteiger partial charge in [-0.05, 0) is 50.2 Å². The van der Waals surface area contributed by atoms with Gasteiger partial charge in [0.2, 0.25) is 5.91 Å². The van der Waals surface area contributed by atoms with Crippen LogP contribution in [0.2, 0.25) is 0 Å². The molecule has 0 unspecified atom stereocenters. The van der Waals surface area contributed by atoms with Crippen molar-refractivity contribution in [1.29, 1.82) is 0 Å². The first-order chi connectivity index (χ1) is 13.0. The quantitative estimate of drug-likeness (QED) is 0.850. The second kappa shape index (κ2) is 8.86. The summed E-state index contributed by atoms with van der Waals surface area (Å²) in [6, 6.07) is 11.6. The Hall–Kier alpha value is -2.60. The predicted octanol–water partition coefficient (Wildman–Crippen LogP) is 2.51. The van der Waals surface area contributed by atoms with Gasteiger partial charge < -0.3 is 19.5 Å². The van der Waals surface area contributed by atoms with E-state index in [0.29, 0.717) is 38.2 Å². The second-order valence-electron chi connectivity index (χ2n) is 7.27. The van der Waals surface area contributed by atoms with E-state index in [4.69, 9.17) is 4.42 Å². The first-order valence-corrected chi connectivity index (χ1v) is 9.36. The molecular formula is C21H27N3O3. The molecule has 1 saturated heterocycles. The first kappa shape index (κ1) is 19.2. The number of likely N-dealkylation sites (tertiary alicyclic amines) is 1. The third kappa shape index (κ3) is 4.98. The lowest BCUT2D eigenvalue weighted by molar-refractivity contribution is -0.126. The van der Waals surface area contributed by atoms with Crippen LogP contribution in [0.1, 0.15) is 34.5 Å². The highest BCUT2D eigenvalue weighted by molar-refractivity contribution is 5.91. The lowest BCUT2D eigenvalue weighted by Crippen LogP contribution is -2.42. The first-order valence-electron chi connectivity index (χ1n) is 9.36. The number of rotatable bonds is 6. The van der Waals surface area contributed by atoms with Gasteiger partial charge in [0.25, 0.3) is 5.91 Å². The van der Waals surface area contributed by atoms with Crippen molar-refractivity contribution in [1.82, 2.24) is 15.1 Å². The second-order valence-corrected chi connectivity index (χ2v) is 7.27. The number of nitrogens with one attached hydrogen (secondary N) is 1. The highest BCUT2D eigenvalue weighted by Gasteiger charge is 2.28. The molecule has 0 spiro atoms. The van der Waals surface area contributed by atoms with Crippen LogP contribution in [0.5, 0.6) is 0 Å². The molecule has 1 aliphatic heterocycles. The summed E-state index contributed by atoms with van der Waals surface area (Å²) >= 11 is 0. The van der Waals surface area contributed by atoms with Gasteiger partial charge in [-0.25, -0.2) is 0 Å². The molecule has 6 nitrogen and oxygen atoms in total. The molecule has 0 aliphatic carbocycles. The van der Waals surface area contributed by atoms with Crippen molar-refractivity contribution in [2.24, 2.45) is 5.92 Å². The number of piperidine rings is 1. The zero-order valence-electron chi connectivity index (χ0n) is 16.0. The van der Waals surface area contributed by atoms with Crippen LogP contribution in [0.25, 0.3) is 0 Å². The zero-order valence-corrected chi connectivity index (χ0v) is 16.0. The fraction of sp³-hybridized carbons (Fsp3) is 0.429. The Bertz CT molecular complexity index is 763. The highest BCUT2D eigenvalue weighted by Crippen LogP contribution is 2.20. The van der Waals surface area contributed by atoms with Crippen molar-refractivity contribution in [3.63, 3.8) is 0 Å². The van der Waals surface area contributed by atoms with E-state index in [1.54, 1.807) is 17.0 Å². The van der Waals surface area contributed by atoms with Crippen LogP contribution in [0, 0.1) is 5.92 Å². The zero-order chi connectivity index (χ0) is 19.2. The number of hydrogen-bond acceptors (Lipinski definition) is 4. The molecule has 0 bridgehead atoms. The Labute approximate surface area is 160 Å². The number of nitrogens with zero attached hydrogens (tertiary/aromatic N) is 2. The number of carbonyl (C=O) groups is 2. The molecule has 1 N–H and O–H groups in total. The van der Waals surface area contributed by atoms with Crippen LogP contribution in [0.4, 0.5) is 0 Å². The minimum atomic E-state index is -0.100. The molecule has 6 heteroatoms. The van der Waals surface area contributed by atoms with E-state index in [2.05, 4.69) is 22.3 Å². The van der Waals surface area contributed by atoms with Crippen molar-refractivity contribution < 1.29 is 14.0 Å². The molecule has 2 amide bonds. The normalized spacial score (nSPS) is 15.1. The van der Waals surface area contributed by atoms with Crippen molar-refractivity contribution in [2.45, 2.75) is 25.9 Å². The summed E-state index contributed by atoms with van der Waals surface area (Å²) in [5, 5.41) is 3.07. The van der Waals surface area contributed by atoms with E-state index in [1.807, 2.05) is 26.2 Å². The maximum Gasteiger partial charge on any atom is 0.289 e. The Morgan fingerprint density at radius 1 is 1.11 bits per heavy atom. The van der Waals surface area contributed by atoms with Gasteiger partial charge in [0.15, 0.2) is 5.76 Å². The van der Waals surface area contributed by atoms with Gasteiger partial charge in [-0.3, -0.25) is 9.59 Å². The molecule has 2 heterocycles. The van der Waals surface area contributed by atoms with E-state index in [-0.39, 0.29) is 17.7 Å². The van der Waals surface area contributed by atoms with Crippen LogP contribution in [0.15, 0.2) is 47.1 Å². The van der Waals surface area contributed by atoms with Crippen LogP contribution < -0.4 is 5.32 Å². The molecule has 27 heavy (non-hydrogen) atoms. The van der Waals surface area contributed by atoms with Gasteiger partial charge in [0.05, 0.1) is 6.26 Å². The molecule has 1 aliphatic rings. The van der Waals surface area contributed by atoms with Crippen LogP contribution in [-0.2, 0) is 17.9 Å². The standard InChI is InChI=1S/C21H27N3O3/c1-23(2)15-18-7-4-3-6-17(18)14-22-20(25)16-9-11-24(12-10-16)21(26)19-8-5-13-27-19/h3-8,13,16H,9-12,14-15H2,1-2H3,(H,22,25). The number of carbonyl (C=O) groups excluding carboxylic acids is 2. The van der Waals surface area contributed by atoms with Crippen LogP contribution in [-0.4, -0.2) is 48.8 Å². The number of hydrogen-bond donors (Lipinski definition) is 1. The monoisotopic (exact) mass is 369 g/mol. The molecule has 2 aromatic rings. The topological polar surface area (TPSA) is 65.8 Å². The van der Waals surface area contributed by atoms with E-state index in [9.17, 15) is 9.59 Å². The lowest BCUT2D eigenvalue weighted by Gasteiger charge is -2.30. The predicted molar refractivity (Wildman–Crippen MR) is 103 cm³/mol. The van der Waals surface area contributed by atoms with Crippen molar-refractivity contribution in [3.8, 4) is 0 Å². The SMILES string of the molecule is CN(C)Cc1ccccc1CNC(=O)C1CCN(C(=O)c2ccco2)CC1. The Morgan fingerprint density at radius 2 is 1.81 bits per heavy atom. The fourth-order valence-corrected chi connectivity index (χ4v) is 3.45. The van der Waals surface area contributed by atoms with Gasteiger partial charge in [0, 0.05) is 32.1 Å². The van der Waals surface area contributed by atoms with Crippen molar-refractivity contribution in [2.75, 3.05) is 27.2 Å². The Balaban J connectivity index is 1.50. The van der Waals surface area contributed by atoms with Gasteiger partial charge in [-0.15, -0.1) is 0 Å². The van der Waals surface area contributed by atoms with Crippen molar-refractivity contribution >= 4 is 11.8 Å². The number of amides is 2. The minimum Gasteiger partial charge on any atom is -0.459 e. The van der Waals surface area contributed by atoms with Crippen LogP contribution >= 0.6 is 0 Å². The number of benzene rings is 1. The van der Waals surface area contributed by atoms with E-state index >= 15 is 0 Å². The van der Waals surface area contributed by atoms with Gasteiger partial charge in [-0.1, -0.05) is 24.3 Å². The third-order valence-electron chi connectivity index (χ3n) is 4.94. The Kier molecular flexibility index (Phi) is 6.29. The molecular weight excluding hydrogens is 342 g/mol. The fourth-order valence-electron chi connectivity index (χ4n) is 3.45. The Morgan fingerprint density at radius 3 is 2.44 bits per heavy atom. The van der Waals surface area contributed by atoms with Gasteiger partial charge in [-0.2, -0.15) is 0 Å². The summed E-state index contributed by atoms with van der Waals surface area (Å²) in [5.41, 5.74) is 2.37. The summed E-state index contributed by atoms with van der Waals surface area (Å²) < 4.78 is 5.18.